The number of pyridine rings is 1. The molecule has 1 atom stereocenters. The van der Waals surface area contributed by atoms with Crippen LogP contribution in [0.25, 0.3) is 0 Å². The van der Waals surface area contributed by atoms with Gasteiger partial charge < -0.3 is 19.9 Å². The molecule has 1 fully saturated rings. The highest BCUT2D eigenvalue weighted by molar-refractivity contribution is 6.39. The van der Waals surface area contributed by atoms with E-state index in [4.69, 9.17) is 43.1 Å². The number of hydrogen-bond donors (Lipinski definition) is 1. The van der Waals surface area contributed by atoms with E-state index in [9.17, 15) is 9.18 Å². The van der Waals surface area contributed by atoms with Crippen LogP contribution in [0.5, 0.6) is 5.88 Å². The molecule has 20 heavy (non-hydrogen) atoms. The van der Waals surface area contributed by atoms with Crippen molar-refractivity contribution < 1.29 is 23.4 Å². The first-order valence-electron chi connectivity index (χ1n) is 5.65. The van der Waals surface area contributed by atoms with E-state index >= 15 is 0 Å². The van der Waals surface area contributed by atoms with Gasteiger partial charge in [-0.25, -0.2) is 4.79 Å². The second-order valence-corrected chi connectivity index (χ2v) is 4.86. The zero-order valence-electron chi connectivity index (χ0n) is 10.4. The lowest BCUT2D eigenvalue weighted by Crippen LogP contribution is -2.41. The van der Waals surface area contributed by atoms with Gasteiger partial charge in [0.2, 0.25) is 11.8 Å². The Morgan fingerprint density at radius 3 is 2.70 bits per heavy atom. The van der Waals surface area contributed by atoms with E-state index < -0.39 is 23.0 Å². The summed E-state index contributed by atoms with van der Waals surface area (Å²) in [7, 11) is 0. The molecule has 2 rings (SSSR count). The van der Waals surface area contributed by atoms with E-state index in [0.717, 1.165) is 0 Å². The van der Waals surface area contributed by atoms with E-state index in [-0.39, 0.29) is 22.7 Å². The second-order valence-electron chi connectivity index (χ2n) is 4.11. The largest absolute Gasteiger partial charge is 0.461 e. The Morgan fingerprint density at radius 2 is 2.15 bits per heavy atom. The molecule has 6 nitrogen and oxygen atoms in total. The van der Waals surface area contributed by atoms with E-state index in [0.29, 0.717) is 13.2 Å². The van der Waals surface area contributed by atoms with Crippen molar-refractivity contribution in [2.24, 2.45) is 0 Å². The molecule has 2 N–H and O–H groups in total. The molecule has 0 spiro atoms. The lowest BCUT2D eigenvalue weighted by molar-refractivity contribution is -0.178. The van der Waals surface area contributed by atoms with Gasteiger partial charge in [-0.1, -0.05) is 23.2 Å². The van der Waals surface area contributed by atoms with E-state index in [1.165, 1.54) is 6.92 Å². The molecule has 0 aliphatic carbocycles. The summed E-state index contributed by atoms with van der Waals surface area (Å²) < 4.78 is 28.4. The van der Waals surface area contributed by atoms with Gasteiger partial charge in [0.1, 0.15) is 16.1 Å². The van der Waals surface area contributed by atoms with E-state index in [2.05, 4.69) is 4.98 Å². The van der Waals surface area contributed by atoms with Crippen LogP contribution in [0.1, 0.15) is 6.92 Å². The Balaban J connectivity index is 2.07. The number of nitrogen functional groups attached to an aromatic ring is 1. The smallest absolute Gasteiger partial charge is 0.347 e. The molecule has 0 amide bonds. The highest BCUT2D eigenvalue weighted by Gasteiger charge is 2.28. The minimum atomic E-state index is -1.03. The molecule has 0 aromatic carbocycles. The summed E-state index contributed by atoms with van der Waals surface area (Å²) in [6, 6.07) is 0. The lowest BCUT2D eigenvalue weighted by Gasteiger charge is -2.26. The molecule has 110 valence electrons. The van der Waals surface area contributed by atoms with Gasteiger partial charge in [0.25, 0.3) is 0 Å². The maximum atomic E-state index is 13.4. The fourth-order valence-electron chi connectivity index (χ4n) is 1.35. The Labute approximate surface area is 123 Å². The van der Waals surface area contributed by atoms with Crippen molar-refractivity contribution in [3.63, 3.8) is 0 Å². The van der Waals surface area contributed by atoms with Gasteiger partial charge in [-0.2, -0.15) is 9.37 Å². The molecule has 0 saturated carbocycles. The first-order valence-corrected chi connectivity index (χ1v) is 6.40. The zero-order valence-corrected chi connectivity index (χ0v) is 11.9. The van der Waals surface area contributed by atoms with E-state index in [1.54, 1.807) is 0 Å². The van der Waals surface area contributed by atoms with Crippen molar-refractivity contribution in [1.29, 1.82) is 0 Å². The predicted molar refractivity (Wildman–Crippen MR) is 69.4 cm³/mol. The van der Waals surface area contributed by atoms with Crippen molar-refractivity contribution in [3.05, 3.63) is 16.0 Å². The molecule has 1 aliphatic heterocycles. The van der Waals surface area contributed by atoms with E-state index in [1.807, 2.05) is 0 Å². The Bertz CT molecular complexity index is 540. The third kappa shape index (κ3) is 3.05. The number of ether oxygens (including phenoxy) is 3. The third-order valence-electron chi connectivity index (χ3n) is 2.55. The maximum absolute atomic E-state index is 13.4. The van der Waals surface area contributed by atoms with Gasteiger partial charge in [0.05, 0.1) is 18.9 Å². The number of carbonyl (C=O) groups excluding carboxylic acids is 1. The first-order chi connectivity index (χ1) is 9.40. The summed E-state index contributed by atoms with van der Waals surface area (Å²) in [5.41, 5.74) is 5.29. The van der Waals surface area contributed by atoms with Gasteiger partial charge in [0.15, 0.2) is 6.10 Å². The summed E-state index contributed by atoms with van der Waals surface area (Å²) in [5.74, 6) is -1.98. The molecule has 1 aromatic heterocycles. The molecule has 2 heterocycles. The summed E-state index contributed by atoms with van der Waals surface area (Å²) in [6.07, 6.45) is -1.32. The molecule has 0 radical (unpaired) electrons. The average molecular weight is 325 g/mol. The molecule has 0 bridgehead atoms. The van der Waals surface area contributed by atoms with Gasteiger partial charge in [-0.05, 0) is 6.92 Å². The average Bonchev–Trinajstić information content (AvgIpc) is 2.37. The molecule has 1 saturated heterocycles. The van der Waals surface area contributed by atoms with Crippen LogP contribution < -0.4 is 10.5 Å². The summed E-state index contributed by atoms with van der Waals surface area (Å²) >= 11 is 11.4. The molecular weight excluding hydrogens is 314 g/mol. The van der Waals surface area contributed by atoms with Gasteiger partial charge in [0, 0.05) is 0 Å². The summed E-state index contributed by atoms with van der Waals surface area (Å²) in [5, 5.41) is -0.563. The third-order valence-corrected chi connectivity index (χ3v) is 3.28. The number of nitrogens with zero attached hydrogens (tertiary/aromatic N) is 1. The predicted octanol–water partition coefficient (Wildman–Crippen LogP) is 1.82. The van der Waals surface area contributed by atoms with Crippen molar-refractivity contribution >= 4 is 34.9 Å². The van der Waals surface area contributed by atoms with Crippen LogP contribution >= 0.6 is 23.2 Å². The van der Waals surface area contributed by atoms with Crippen LogP contribution in [0.15, 0.2) is 0 Å². The SMILES string of the molecule is C[C@@H](Oc1nc(F)c(Cl)c(N)c1Cl)C(=O)OC1COC1. The summed E-state index contributed by atoms with van der Waals surface area (Å²) in [4.78, 5) is 15.1. The number of rotatable bonds is 4. The minimum Gasteiger partial charge on any atom is -0.461 e. The van der Waals surface area contributed by atoms with Crippen molar-refractivity contribution in [1.82, 2.24) is 4.98 Å². The minimum absolute atomic E-state index is 0.164. The van der Waals surface area contributed by atoms with Gasteiger partial charge in [-0.3, -0.25) is 0 Å². The standard InChI is InChI=1S/C11H11Cl2FN2O4/c1-4(11(17)20-5-2-18-3-5)19-10-7(13)8(15)6(12)9(14)16-10/h4-5H,2-3H2,1H3,(H2,15,16)/t4-/m1/s1. The van der Waals surface area contributed by atoms with Crippen LogP contribution in [-0.4, -0.2) is 36.4 Å². The number of anilines is 1. The highest BCUT2D eigenvalue weighted by Crippen LogP contribution is 2.35. The quantitative estimate of drug-likeness (QED) is 0.671. The maximum Gasteiger partial charge on any atom is 0.347 e. The fourth-order valence-corrected chi connectivity index (χ4v) is 1.71. The molecule has 0 unspecified atom stereocenters. The van der Waals surface area contributed by atoms with Crippen LogP contribution in [0.3, 0.4) is 0 Å². The van der Waals surface area contributed by atoms with Crippen LogP contribution in [0.2, 0.25) is 10.0 Å². The van der Waals surface area contributed by atoms with Crippen molar-refractivity contribution in [3.8, 4) is 5.88 Å². The number of hydrogen-bond acceptors (Lipinski definition) is 6. The number of carbonyl (C=O) groups is 1. The van der Waals surface area contributed by atoms with Crippen molar-refractivity contribution in [2.45, 2.75) is 19.1 Å². The van der Waals surface area contributed by atoms with Crippen LogP contribution in [0, 0.1) is 5.95 Å². The second kappa shape index (κ2) is 5.99. The fraction of sp³-hybridized carbons (Fsp3) is 0.455. The monoisotopic (exact) mass is 324 g/mol. The highest BCUT2D eigenvalue weighted by atomic mass is 35.5. The molecule has 9 heteroatoms. The number of esters is 1. The molecular formula is C11H11Cl2FN2O4. The van der Waals surface area contributed by atoms with Crippen LogP contribution in [-0.2, 0) is 14.3 Å². The zero-order chi connectivity index (χ0) is 14.9. The topological polar surface area (TPSA) is 83.7 Å². The molecule has 1 aromatic rings. The molecule has 1 aliphatic rings. The summed E-state index contributed by atoms with van der Waals surface area (Å²) in [6.45, 7) is 2.11. The Kier molecular flexibility index (Phi) is 4.52. The van der Waals surface area contributed by atoms with Gasteiger partial charge in [-0.15, -0.1) is 0 Å². The van der Waals surface area contributed by atoms with Crippen molar-refractivity contribution in [2.75, 3.05) is 18.9 Å². The van der Waals surface area contributed by atoms with Crippen LogP contribution in [0.4, 0.5) is 10.1 Å². The number of nitrogens with two attached hydrogens (primary N) is 1. The number of aromatic nitrogens is 1. The lowest BCUT2D eigenvalue weighted by atomic mass is 10.3. The normalized spacial score (nSPS) is 16.4. The Morgan fingerprint density at radius 1 is 1.50 bits per heavy atom. The first kappa shape index (κ1) is 15.1. The Hall–Kier alpha value is -1.31. The number of halogens is 3. The van der Waals surface area contributed by atoms with Gasteiger partial charge >= 0.3 is 5.97 Å².